The maximum absolute atomic E-state index is 13.9. The van der Waals surface area contributed by atoms with E-state index in [1.54, 1.807) is 6.07 Å². The summed E-state index contributed by atoms with van der Waals surface area (Å²) in [7, 11) is 0. The molecule has 0 saturated carbocycles. The summed E-state index contributed by atoms with van der Waals surface area (Å²) in [6.07, 6.45) is 2.01. The van der Waals surface area contributed by atoms with E-state index in [9.17, 15) is 4.39 Å². The van der Waals surface area contributed by atoms with Crippen LogP contribution >= 0.6 is 15.9 Å². The van der Waals surface area contributed by atoms with Crippen molar-refractivity contribution < 1.29 is 9.13 Å². The van der Waals surface area contributed by atoms with E-state index in [-0.39, 0.29) is 11.9 Å². The fourth-order valence-corrected chi connectivity index (χ4v) is 2.83. The van der Waals surface area contributed by atoms with E-state index < -0.39 is 0 Å². The van der Waals surface area contributed by atoms with Crippen LogP contribution in [0.1, 0.15) is 31.4 Å². The molecule has 1 aliphatic rings. The highest BCUT2D eigenvalue weighted by Gasteiger charge is 2.23. The van der Waals surface area contributed by atoms with Crippen molar-refractivity contribution in [2.24, 2.45) is 5.92 Å². The van der Waals surface area contributed by atoms with Gasteiger partial charge in [0.05, 0.1) is 0 Å². The summed E-state index contributed by atoms with van der Waals surface area (Å²) in [5, 5.41) is 3.38. The molecule has 1 aromatic rings. The Hall–Kier alpha value is -0.450. The first-order valence-corrected chi connectivity index (χ1v) is 7.26. The Morgan fingerprint density at radius 3 is 3.06 bits per heavy atom. The van der Waals surface area contributed by atoms with E-state index in [1.807, 2.05) is 13.0 Å². The molecule has 2 unspecified atom stereocenters. The van der Waals surface area contributed by atoms with Gasteiger partial charge in [-0.2, -0.15) is 0 Å². The summed E-state index contributed by atoms with van der Waals surface area (Å²) in [4.78, 5) is 0. The molecule has 4 heteroatoms. The second-order valence-corrected chi connectivity index (χ2v) is 5.66. The largest absolute Gasteiger partial charge is 0.381 e. The lowest BCUT2D eigenvalue weighted by molar-refractivity contribution is 0.181. The summed E-state index contributed by atoms with van der Waals surface area (Å²) in [6, 6.07) is 5.20. The van der Waals surface area contributed by atoms with Crippen LogP contribution in [0.15, 0.2) is 22.7 Å². The van der Waals surface area contributed by atoms with Gasteiger partial charge in [-0.3, -0.25) is 0 Å². The van der Waals surface area contributed by atoms with Crippen LogP contribution in [0.2, 0.25) is 0 Å². The Kier molecular flexibility index (Phi) is 5.15. The Balaban J connectivity index is 2.14. The second kappa shape index (κ2) is 6.64. The fourth-order valence-electron chi connectivity index (χ4n) is 2.45. The normalized spacial score (nSPS) is 21.2. The first-order chi connectivity index (χ1) is 8.70. The van der Waals surface area contributed by atoms with E-state index in [0.717, 1.165) is 42.6 Å². The minimum absolute atomic E-state index is 0.0687. The third-order valence-electron chi connectivity index (χ3n) is 3.38. The monoisotopic (exact) mass is 315 g/mol. The number of benzene rings is 1. The summed E-state index contributed by atoms with van der Waals surface area (Å²) >= 11 is 3.41. The fraction of sp³-hybridized carbons (Fsp3) is 0.571. The van der Waals surface area contributed by atoms with E-state index in [1.165, 1.54) is 6.07 Å². The van der Waals surface area contributed by atoms with E-state index >= 15 is 0 Å². The molecule has 2 nitrogen and oxygen atoms in total. The number of nitrogens with one attached hydrogen (secondary N) is 1. The van der Waals surface area contributed by atoms with Crippen LogP contribution in [0, 0.1) is 11.7 Å². The highest BCUT2D eigenvalue weighted by Crippen LogP contribution is 2.29. The van der Waals surface area contributed by atoms with Crippen LogP contribution < -0.4 is 5.32 Å². The predicted octanol–water partition coefficient (Wildman–Crippen LogP) is 3.67. The zero-order valence-electron chi connectivity index (χ0n) is 10.6. The lowest BCUT2D eigenvalue weighted by atomic mass is 9.94. The molecule has 0 aromatic heterocycles. The van der Waals surface area contributed by atoms with Crippen molar-refractivity contribution in [2.45, 2.75) is 25.8 Å². The molecule has 0 bridgehead atoms. The van der Waals surface area contributed by atoms with Crippen molar-refractivity contribution >= 4 is 15.9 Å². The van der Waals surface area contributed by atoms with Crippen LogP contribution in [-0.4, -0.2) is 19.8 Å². The molecular formula is C14H19BrFNO. The molecule has 2 atom stereocenters. The molecule has 1 saturated heterocycles. The second-order valence-electron chi connectivity index (χ2n) is 4.74. The zero-order chi connectivity index (χ0) is 13.0. The first-order valence-electron chi connectivity index (χ1n) is 6.46. The molecule has 1 heterocycles. The van der Waals surface area contributed by atoms with Gasteiger partial charge in [-0.15, -0.1) is 0 Å². The van der Waals surface area contributed by atoms with Crippen molar-refractivity contribution in [3.63, 3.8) is 0 Å². The predicted molar refractivity (Wildman–Crippen MR) is 74.1 cm³/mol. The highest BCUT2D eigenvalue weighted by atomic mass is 79.9. The Labute approximate surface area is 116 Å². The SMILES string of the molecule is CCNC(CC1CCOC1)c1cc(Br)ccc1F. The molecule has 0 amide bonds. The third kappa shape index (κ3) is 3.53. The molecule has 0 aliphatic carbocycles. The molecule has 100 valence electrons. The van der Waals surface area contributed by atoms with Gasteiger partial charge in [0.1, 0.15) is 5.82 Å². The molecule has 1 aliphatic heterocycles. The summed E-state index contributed by atoms with van der Waals surface area (Å²) in [5.74, 6) is 0.399. The summed E-state index contributed by atoms with van der Waals surface area (Å²) in [5.41, 5.74) is 0.748. The third-order valence-corrected chi connectivity index (χ3v) is 3.87. The van der Waals surface area contributed by atoms with Crippen molar-refractivity contribution in [3.8, 4) is 0 Å². The lowest BCUT2D eigenvalue weighted by Gasteiger charge is -2.22. The number of hydrogen-bond acceptors (Lipinski definition) is 2. The average molecular weight is 316 g/mol. The molecule has 1 aromatic carbocycles. The molecule has 0 spiro atoms. The molecule has 2 rings (SSSR count). The Morgan fingerprint density at radius 2 is 2.39 bits per heavy atom. The van der Waals surface area contributed by atoms with Crippen LogP contribution in [0.5, 0.6) is 0 Å². The Morgan fingerprint density at radius 1 is 1.56 bits per heavy atom. The maximum atomic E-state index is 13.9. The maximum Gasteiger partial charge on any atom is 0.128 e. The van der Waals surface area contributed by atoms with Gasteiger partial charge in [-0.25, -0.2) is 4.39 Å². The minimum Gasteiger partial charge on any atom is -0.381 e. The smallest absolute Gasteiger partial charge is 0.128 e. The van der Waals surface area contributed by atoms with Gasteiger partial charge in [0.15, 0.2) is 0 Å². The average Bonchev–Trinajstić information content (AvgIpc) is 2.85. The zero-order valence-corrected chi connectivity index (χ0v) is 12.2. The molecule has 1 fully saturated rings. The number of ether oxygens (including phenoxy) is 1. The van der Waals surface area contributed by atoms with E-state index in [0.29, 0.717) is 5.92 Å². The van der Waals surface area contributed by atoms with Gasteiger partial charge in [0.2, 0.25) is 0 Å². The van der Waals surface area contributed by atoms with Crippen LogP contribution in [0.3, 0.4) is 0 Å². The Bertz CT molecular complexity index is 393. The van der Waals surface area contributed by atoms with Crippen LogP contribution in [-0.2, 0) is 4.74 Å². The molecule has 1 N–H and O–H groups in total. The molecular weight excluding hydrogens is 297 g/mol. The number of halogens is 2. The van der Waals surface area contributed by atoms with Crippen molar-refractivity contribution in [3.05, 3.63) is 34.1 Å². The number of rotatable bonds is 5. The van der Waals surface area contributed by atoms with Gasteiger partial charge < -0.3 is 10.1 Å². The quantitative estimate of drug-likeness (QED) is 0.895. The van der Waals surface area contributed by atoms with Crippen LogP contribution in [0.4, 0.5) is 4.39 Å². The first kappa shape index (κ1) is 14.0. The van der Waals surface area contributed by atoms with E-state index in [4.69, 9.17) is 4.74 Å². The minimum atomic E-state index is -0.136. The molecule has 18 heavy (non-hydrogen) atoms. The van der Waals surface area contributed by atoms with Crippen molar-refractivity contribution in [1.82, 2.24) is 5.32 Å². The van der Waals surface area contributed by atoms with Gasteiger partial charge in [-0.1, -0.05) is 22.9 Å². The van der Waals surface area contributed by atoms with Crippen molar-refractivity contribution in [1.29, 1.82) is 0 Å². The molecule has 0 radical (unpaired) electrons. The van der Waals surface area contributed by atoms with Crippen LogP contribution in [0.25, 0.3) is 0 Å². The summed E-state index contributed by atoms with van der Waals surface area (Å²) < 4.78 is 20.2. The van der Waals surface area contributed by atoms with Crippen molar-refractivity contribution in [2.75, 3.05) is 19.8 Å². The van der Waals surface area contributed by atoms with Gasteiger partial charge in [0.25, 0.3) is 0 Å². The van der Waals surface area contributed by atoms with Gasteiger partial charge in [0, 0.05) is 29.3 Å². The lowest BCUT2D eigenvalue weighted by Crippen LogP contribution is -2.24. The van der Waals surface area contributed by atoms with Gasteiger partial charge in [-0.05, 0) is 43.5 Å². The topological polar surface area (TPSA) is 21.3 Å². The van der Waals surface area contributed by atoms with Gasteiger partial charge >= 0.3 is 0 Å². The summed E-state index contributed by atoms with van der Waals surface area (Å²) in [6.45, 7) is 4.53. The van der Waals surface area contributed by atoms with E-state index in [2.05, 4.69) is 21.2 Å². The number of hydrogen-bond donors (Lipinski definition) is 1. The highest BCUT2D eigenvalue weighted by molar-refractivity contribution is 9.10. The standard InChI is InChI=1S/C14H19BrFNO/c1-2-17-14(7-10-5-6-18-9-10)12-8-11(15)3-4-13(12)16/h3-4,8,10,14,17H,2,5-7,9H2,1H3.